The normalized spacial score (nSPS) is 22.5. The molecule has 1 aliphatic rings. The number of likely N-dealkylation sites (tertiary alicyclic amines) is 1. The highest BCUT2D eigenvalue weighted by Crippen LogP contribution is 2.19. The Morgan fingerprint density at radius 1 is 1.65 bits per heavy atom. The van der Waals surface area contributed by atoms with E-state index < -0.39 is 6.04 Å². The first-order valence-electron chi connectivity index (χ1n) is 6.11. The third-order valence-corrected chi connectivity index (χ3v) is 3.32. The Kier molecular flexibility index (Phi) is 3.47. The molecule has 0 spiro atoms. The molecular formula is C12H20N4O. The standard InChI is InChI=1S/C12H20N4O/c1-9-4-3-5-16(7-9)12(17)11(13)10-6-14-15(2)8-10/h6,8-9,11H,3-5,7,13H2,1-2H3/t9-,11-/m1/s1. The monoisotopic (exact) mass is 236 g/mol. The van der Waals surface area contributed by atoms with Gasteiger partial charge in [0.1, 0.15) is 6.04 Å². The highest BCUT2D eigenvalue weighted by molar-refractivity contribution is 5.83. The van der Waals surface area contributed by atoms with Crippen molar-refractivity contribution in [3.8, 4) is 0 Å². The van der Waals surface area contributed by atoms with E-state index in [-0.39, 0.29) is 5.91 Å². The zero-order valence-corrected chi connectivity index (χ0v) is 10.5. The molecule has 1 aliphatic heterocycles. The molecule has 0 aromatic carbocycles. The van der Waals surface area contributed by atoms with E-state index in [9.17, 15) is 4.79 Å². The number of nitrogens with zero attached hydrogens (tertiary/aromatic N) is 3. The van der Waals surface area contributed by atoms with Crippen molar-refractivity contribution in [2.45, 2.75) is 25.8 Å². The van der Waals surface area contributed by atoms with Gasteiger partial charge in [-0.2, -0.15) is 5.10 Å². The summed E-state index contributed by atoms with van der Waals surface area (Å²) in [6.45, 7) is 3.83. The van der Waals surface area contributed by atoms with E-state index in [1.807, 2.05) is 11.9 Å². The molecule has 17 heavy (non-hydrogen) atoms. The maximum absolute atomic E-state index is 12.2. The fourth-order valence-corrected chi connectivity index (χ4v) is 2.33. The molecule has 0 bridgehead atoms. The Morgan fingerprint density at radius 2 is 2.41 bits per heavy atom. The quantitative estimate of drug-likeness (QED) is 0.821. The minimum Gasteiger partial charge on any atom is -0.341 e. The first kappa shape index (κ1) is 12.1. The summed E-state index contributed by atoms with van der Waals surface area (Å²) in [5.41, 5.74) is 6.77. The highest BCUT2D eigenvalue weighted by Gasteiger charge is 2.26. The number of aryl methyl sites for hydroxylation is 1. The number of carbonyl (C=O) groups excluding carboxylic acids is 1. The molecular weight excluding hydrogens is 216 g/mol. The Morgan fingerprint density at radius 3 is 3.00 bits per heavy atom. The minimum absolute atomic E-state index is 0.0181. The van der Waals surface area contributed by atoms with Crippen molar-refractivity contribution >= 4 is 5.91 Å². The average Bonchev–Trinajstić information content (AvgIpc) is 2.74. The van der Waals surface area contributed by atoms with Crippen molar-refractivity contribution < 1.29 is 4.79 Å². The second-order valence-electron chi connectivity index (χ2n) is 4.96. The fraction of sp³-hybridized carbons (Fsp3) is 0.667. The van der Waals surface area contributed by atoms with Crippen molar-refractivity contribution in [1.29, 1.82) is 0 Å². The number of hydrogen-bond acceptors (Lipinski definition) is 3. The smallest absolute Gasteiger partial charge is 0.244 e. The molecule has 1 aromatic rings. The lowest BCUT2D eigenvalue weighted by Crippen LogP contribution is -2.43. The number of nitrogens with two attached hydrogens (primary N) is 1. The number of aromatic nitrogens is 2. The summed E-state index contributed by atoms with van der Waals surface area (Å²) in [7, 11) is 1.82. The van der Waals surface area contributed by atoms with Crippen LogP contribution in [0.4, 0.5) is 0 Å². The zero-order valence-electron chi connectivity index (χ0n) is 10.5. The van der Waals surface area contributed by atoms with Crippen molar-refractivity contribution in [2.24, 2.45) is 18.7 Å². The molecule has 2 heterocycles. The number of amides is 1. The summed E-state index contributed by atoms with van der Waals surface area (Å²) in [5.74, 6) is 0.596. The van der Waals surface area contributed by atoms with Crippen LogP contribution in [0.5, 0.6) is 0 Å². The largest absolute Gasteiger partial charge is 0.341 e. The van der Waals surface area contributed by atoms with E-state index in [1.54, 1.807) is 17.1 Å². The number of piperidine rings is 1. The molecule has 0 aliphatic carbocycles. The first-order valence-corrected chi connectivity index (χ1v) is 6.11. The van der Waals surface area contributed by atoms with Crippen LogP contribution in [-0.2, 0) is 11.8 Å². The van der Waals surface area contributed by atoms with Crippen LogP contribution in [0.15, 0.2) is 12.4 Å². The summed E-state index contributed by atoms with van der Waals surface area (Å²) < 4.78 is 1.67. The van der Waals surface area contributed by atoms with Crippen LogP contribution >= 0.6 is 0 Å². The number of hydrogen-bond donors (Lipinski definition) is 1. The van der Waals surface area contributed by atoms with Crippen LogP contribution in [0, 0.1) is 5.92 Å². The first-order chi connectivity index (χ1) is 8.08. The summed E-state index contributed by atoms with van der Waals surface area (Å²) in [6.07, 6.45) is 5.74. The lowest BCUT2D eigenvalue weighted by Gasteiger charge is -2.32. The van der Waals surface area contributed by atoms with Crippen LogP contribution in [0.3, 0.4) is 0 Å². The Hall–Kier alpha value is -1.36. The molecule has 0 unspecified atom stereocenters. The lowest BCUT2D eigenvalue weighted by atomic mass is 9.99. The maximum atomic E-state index is 12.2. The van der Waals surface area contributed by atoms with Crippen LogP contribution in [-0.4, -0.2) is 33.7 Å². The predicted molar refractivity (Wildman–Crippen MR) is 65.1 cm³/mol. The van der Waals surface area contributed by atoms with Gasteiger partial charge in [-0.05, 0) is 18.8 Å². The number of carbonyl (C=O) groups is 1. The molecule has 2 atom stereocenters. The van der Waals surface area contributed by atoms with Gasteiger partial charge < -0.3 is 10.6 Å². The van der Waals surface area contributed by atoms with Gasteiger partial charge in [-0.25, -0.2) is 0 Å². The molecule has 5 nitrogen and oxygen atoms in total. The van der Waals surface area contributed by atoms with Crippen molar-refractivity contribution in [1.82, 2.24) is 14.7 Å². The van der Waals surface area contributed by atoms with E-state index in [0.29, 0.717) is 5.92 Å². The minimum atomic E-state index is -0.575. The lowest BCUT2D eigenvalue weighted by molar-refractivity contribution is -0.134. The molecule has 2 N–H and O–H groups in total. The van der Waals surface area contributed by atoms with Crippen molar-refractivity contribution in [2.75, 3.05) is 13.1 Å². The molecule has 94 valence electrons. The molecule has 1 saturated heterocycles. The maximum Gasteiger partial charge on any atom is 0.244 e. The van der Waals surface area contributed by atoms with Gasteiger partial charge in [0.15, 0.2) is 0 Å². The van der Waals surface area contributed by atoms with Gasteiger partial charge in [0.05, 0.1) is 6.20 Å². The van der Waals surface area contributed by atoms with Crippen LogP contribution in [0.1, 0.15) is 31.4 Å². The van der Waals surface area contributed by atoms with Crippen molar-refractivity contribution in [3.63, 3.8) is 0 Å². The summed E-state index contributed by atoms with van der Waals surface area (Å²) in [4.78, 5) is 14.1. The Labute approximate surface area is 102 Å². The van der Waals surface area contributed by atoms with Crippen LogP contribution < -0.4 is 5.73 Å². The Bertz CT molecular complexity index is 401. The topological polar surface area (TPSA) is 64.2 Å². The van der Waals surface area contributed by atoms with E-state index in [2.05, 4.69) is 12.0 Å². The molecule has 2 rings (SSSR count). The van der Waals surface area contributed by atoms with E-state index in [1.165, 1.54) is 6.42 Å². The fourth-order valence-electron chi connectivity index (χ4n) is 2.33. The SMILES string of the molecule is C[C@@H]1CCCN(C(=O)[C@H](N)c2cnn(C)c2)C1. The zero-order chi connectivity index (χ0) is 12.4. The molecule has 1 amide bonds. The van der Waals surface area contributed by atoms with Gasteiger partial charge in [-0.3, -0.25) is 9.48 Å². The van der Waals surface area contributed by atoms with Gasteiger partial charge in [-0.15, -0.1) is 0 Å². The molecule has 0 radical (unpaired) electrons. The van der Waals surface area contributed by atoms with Crippen LogP contribution in [0.25, 0.3) is 0 Å². The van der Waals surface area contributed by atoms with Crippen molar-refractivity contribution in [3.05, 3.63) is 18.0 Å². The third kappa shape index (κ3) is 2.66. The Balaban J connectivity index is 2.04. The predicted octanol–water partition coefficient (Wildman–Crippen LogP) is 0.678. The van der Waals surface area contributed by atoms with E-state index >= 15 is 0 Å². The second kappa shape index (κ2) is 4.87. The van der Waals surface area contributed by atoms with E-state index in [4.69, 9.17) is 5.73 Å². The van der Waals surface area contributed by atoms with Gasteiger partial charge in [0.25, 0.3) is 0 Å². The van der Waals surface area contributed by atoms with Gasteiger partial charge in [0.2, 0.25) is 5.91 Å². The highest BCUT2D eigenvalue weighted by atomic mass is 16.2. The summed E-state index contributed by atoms with van der Waals surface area (Å²) >= 11 is 0. The molecule has 5 heteroatoms. The van der Waals surface area contributed by atoms with Gasteiger partial charge >= 0.3 is 0 Å². The summed E-state index contributed by atoms with van der Waals surface area (Å²) in [6, 6.07) is -0.575. The third-order valence-electron chi connectivity index (χ3n) is 3.32. The summed E-state index contributed by atoms with van der Waals surface area (Å²) in [5, 5.41) is 4.05. The molecule has 1 fully saturated rings. The molecule has 0 saturated carbocycles. The van der Waals surface area contributed by atoms with E-state index in [0.717, 1.165) is 25.1 Å². The second-order valence-corrected chi connectivity index (χ2v) is 4.96. The van der Waals surface area contributed by atoms with Crippen LogP contribution in [0.2, 0.25) is 0 Å². The van der Waals surface area contributed by atoms with Gasteiger partial charge in [0, 0.05) is 31.9 Å². The average molecular weight is 236 g/mol. The number of rotatable bonds is 2. The van der Waals surface area contributed by atoms with Gasteiger partial charge in [-0.1, -0.05) is 6.92 Å². The molecule has 1 aromatic heterocycles.